The van der Waals surface area contributed by atoms with E-state index in [9.17, 15) is 4.79 Å². The minimum atomic E-state index is 0.00234. The summed E-state index contributed by atoms with van der Waals surface area (Å²) in [5.41, 5.74) is 1.56. The van der Waals surface area contributed by atoms with Crippen LogP contribution in [0, 0.1) is 0 Å². The normalized spacial score (nSPS) is 20.1. The van der Waals surface area contributed by atoms with Gasteiger partial charge in [0, 0.05) is 31.7 Å². The molecule has 29 heavy (non-hydrogen) atoms. The van der Waals surface area contributed by atoms with E-state index in [4.69, 9.17) is 9.47 Å². The highest BCUT2D eigenvalue weighted by molar-refractivity contribution is 5.92. The third-order valence-electron chi connectivity index (χ3n) is 5.86. The molecule has 2 fully saturated rings. The van der Waals surface area contributed by atoms with Gasteiger partial charge < -0.3 is 14.4 Å². The van der Waals surface area contributed by atoms with Crippen molar-refractivity contribution in [1.29, 1.82) is 0 Å². The van der Waals surface area contributed by atoms with E-state index < -0.39 is 0 Å². The first-order valence-electron chi connectivity index (χ1n) is 10.3. The molecule has 1 atom stereocenters. The molecule has 3 heterocycles. The monoisotopic (exact) mass is 399 g/mol. The third kappa shape index (κ3) is 4.22. The zero-order chi connectivity index (χ0) is 20.2. The molecule has 0 saturated carbocycles. The third-order valence-corrected chi connectivity index (χ3v) is 5.86. The fraction of sp³-hybridized carbons (Fsp3) is 0.571. The van der Waals surface area contributed by atoms with E-state index in [-0.39, 0.29) is 11.9 Å². The summed E-state index contributed by atoms with van der Waals surface area (Å²) >= 11 is 0. The SMILES string of the molecule is COc1cccc(CN2CCCC(n3cc(C(=O)N4CCCC4)nn3)C2)c1OC. The molecule has 8 nitrogen and oxygen atoms in total. The zero-order valence-electron chi connectivity index (χ0n) is 17.2. The molecule has 0 spiro atoms. The molecule has 2 aromatic rings. The molecule has 1 aromatic carbocycles. The van der Waals surface area contributed by atoms with E-state index >= 15 is 0 Å². The Morgan fingerprint density at radius 1 is 1.14 bits per heavy atom. The number of carbonyl (C=O) groups excluding carboxylic acids is 1. The smallest absolute Gasteiger partial charge is 0.276 e. The van der Waals surface area contributed by atoms with Crippen LogP contribution < -0.4 is 9.47 Å². The van der Waals surface area contributed by atoms with Gasteiger partial charge in [0.25, 0.3) is 5.91 Å². The number of nitrogens with zero attached hydrogens (tertiary/aromatic N) is 5. The van der Waals surface area contributed by atoms with Crippen molar-refractivity contribution in [3.63, 3.8) is 0 Å². The van der Waals surface area contributed by atoms with Crippen LogP contribution in [0.1, 0.15) is 47.8 Å². The largest absolute Gasteiger partial charge is 0.493 e. The summed E-state index contributed by atoms with van der Waals surface area (Å²) in [5.74, 6) is 1.54. The Balaban J connectivity index is 1.43. The lowest BCUT2D eigenvalue weighted by Gasteiger charge is -2.32. The number of carbonyl (C=O) groups is 1. The number of ether oxygens (including phenoxy) is 2. The highest BCUT2D eigenvalue weighted by atomic mass is 16.5. The van der Waals surface area contributed by atoms with Gasteiger partial charge in [-0.3, -0.25) is 9.69 Å². The summed E-state index contributed by atoms with van der Waals surface area (Å²) in [4.78, 5) is 16.8. The van der Waals surface area contributed by atoms with Crippen LogP contribution in [0.3, 0.4) is 0 Å². The molecule has 2 saturated heterocycles. The number of hydrogen-bond donors (Lipinski definition) is 0. The lowest BCUT2D eigenvalue weighted by Crippen LogP contribution is -2.36. The van der Waals surface area contributed by atoms with E-state index in [0.717, 1.165) is 75.5 Å². The Kier molecular flexibility index (Phi) is 5.99. The Morgan fingerprint density at radius 3 is 2.72 bits per heavy atom. The van der Waals surface area contributed by atoms with Gasteiger partial charge in [-0.2, -0.15) is 0 Å². The maximum atomic E-state index is 12.6. The summed E-state index contributed by atoms with van der Waals surface area (Å²) < 4.78 is 12.9. The molecule has 0 radical (unpaired) electrons. The topological polar surface area (TPSA) is 72.7 Å². The maximum absolute atomic E-state index is 12.6. The van der Waals surface area contributed by atoms with Crippen molar-refractivity contribution < 1.29 is 14.3 Å². The van der Waals surface area contributed by atoms with Crippen molar-refractivity contribution in [2.45, 2.75) is 38.3 Å². The average Bonchev–Trinajstić information content (AvgIpc) is 3.45. The number of benzene rings is 1. The number of methoxy groups -OCH3 is 2. The van der Waals surface area contributed by atoms with Crippen molar-refractivity contribution >= 4 is 5.91 Å². The second kappa shape index (κ2) is 8.82. The molecule has 156 valence electrons. The van der Waals surface area contributed by atoms with Crippen molar-refractivity contribution in [1.82, 2.24) is 24.8 Å². The second-order valence-electron chi connectivity index (χ2n) is 7.77. The second-order valence-corrected chi connectivity index (χ2v) is 7.77. The van der Waals surface area contributed by atoms with Gasteiger partial charge in [0.05, 0.1) is 26.5 Å². The first-order valence-corrected chi connectivity index (χ1v) is 10.3. The summed E-state index contributed by atoms with van der Waals surface area (Å²) in [6.07, 6.45) is 6.08. The van der Waals surface area contributed by atoms with Crippen LogP contribution in [-0.4, -0.2) is 71.1 Å². The van der Waals surface area contributed by atoms with Crippen LogP contribution in [0.25, 0.3) is 0 Å². The summed E-state index contributed by atoms with van der Waals surface area (Å²) in [6, 6.07) is 6.20. The van der Waals surface area contributed by atoms with Gasteiger partial charge in [-0.1, -0.05) is 17.3 Å². The molecule has 2 aliphatic rings. The number of piperidine rings is 1. The number of hydrogen-bond acceptors (Lipinski definition) is 6. The van der Waals surface area contributed by atoms with E-state index in [1.54, 1.807) is 14.2 Å². The van der Waals surface area contributed by atoms with Gasteiger partial charge in [-0.05, 0) is 38.3 Å². The van der Waals surface area contributed by atoms with Crippen molar-refractivity contribution in [2.24, 2.45) is 0 Å². The number of likely N-dealkylation sites (tertiary alicyclic amines) is 2. The fourth-order valence-electron chi connectivity index (χ4n) is 4.35. The zero-order valence-corrected chi connectivity index (χ0v) is 17.2. The van der Waals surface area contributed by atoms with E-state index in [0.29, 0.717) is 5.69 Å². The molecule has 4 rings (SSSR count). The van der Waals surface area contributed by atoms with Crippen LogP contribution >= 0.6 is 0 Å². The van der Waals surface area contributed by atoms with Gasteiger partial charge in [0.1, 0.15) is 0 Å². The minimum Gasteiger partial charge on any atom is -0.493 e. The molecule has 1 amide bonds. The first kappa shape index (κ1) is 19.7. The van der Waals surface area contributed by atoms with E-state index in [1.807, 2.05) is 27.9 Å². The maximum Gasteiger partial charge on any atom is 0.276 e. The molecule has 8 heteroatoms. The Hall–Kier alpha value is -2.61. The van der Waals surface area contributed by atoms with Crippen LogP contribution in [-0.2, 0) is 6.54 Å². The standard InChI is InChI=1S/C21H29N5O3/c1-28-19-9-5-7-16(20(19)29-2)13-24-10-6-8-17(14-24)26-15-18(22-23-26)21(27)25-11-3-4-12-25/h5,7,9,15,17H,3-4,6,8,10-14H2,1-2H3. The molecular weight excluding hydrogens is 370 g/mol. The molecule has 0 aliphatic carbocycles. The molecule has 1 aromatic heterocycles. The Bertz CT molecular complexity index is 847. The molecule has 0 N–H and O–H groups in total. The predicted octanol–water partition coefficient (Wildman–Crippen LogP) is 2.37. The molecule has 1 unspecified atom stereocenters. The van der Waals surface area contributed by atoms with Crippen molar-refractivity contribution in [3.8, 4) is 11.5 Å². The lowest BCUT2D eigenvalue weighted by atomic mass is 10.0. The lowest BCUT2D eigenvalue weighted by molar-refractivity contribution is 0.0787. The number of para-hydroxylation sites is 1. The van der Waals surface area contributed by atoms with Crippen molar-refractivity contribution in [3.05, 3.63) is 35.7 Å². The Labute approximate surface area is 171 Å². The van der Waals surface area contributed by atoms with E-state index in [2.05, 4.69) is 21.3 Å². The van der Waals surface area contributed by atoms with Gasteiger partial charge in [-0.15, -0.1) is 5.10 Å². The summed E-state index contributed by atoms with van der Waals surface area (Å²) in [7, 11) is 3.33. The number of aromatic nitrogens is 3. The van der Waals surface area contributed by atoms with Gasteiger partial charge >= 0.3 is 0 Å². The first-order chi connectivity index (χ1) is 14.2. The molecule has 2 aliphatic heterocycles. The van der Waals surface area contributed by atoms with Gasteiger partial charge in [-0.25, -0.2) is 4.68 Å². The van der Waals surface area contributed by atoms with Gasteiger partial charge in [0.2, 0.25) is 0 Å². The van der Waals surface area contributed by atoms with Crippen LogP contribution in [0.15, 0.2) is 24.4 Å². The molecule has 0 bridgehead atoms. The number of amides is 1. The predicted molar refractivity (Wildman–Crippen MR) is 108 cm³/mol. The number of rotatable bonds is 6. The van der Waals surface area contributed by atoms with Crippen LogP contribution in [0.4, 0.5) is 0 Å². The summed E-state index contributed by atoms with van der Waals surface area (Å²) in [5, 5.41) is 8.44. The fourth-order valence-corrected chi connectivity index (χ4v) is 4.35. The quantitative estimate of drug-likeness (QED) is 0.743. The Morgan fingerprint density at radius 2 is 1.97 bits per heavy atom. The average molecular weight is 399 g/mol. The van der Waals surface area contributed by atoms with E-state index in [1.165, 1.54) is 0 Å². The highest BCUT2D eigenvalue weighted by Crippen LogP contribution is 2.32. The van der Waals surface area contributed by atoms with Gasteiger partial charge in [0.15, 0.2) is 17.2 Å². The minimum absolute atomic E-state index is 0.00234. The van der Waals surface area contributed by atoms with Crippen LogP contribution in [0.2, 0.25) is 0 Å². The van der Waals surface area contributed by atoms with Crippen LogP contribution in [0.5, 0.6) is 11.5 Å². The van der Waals surface area contributed by atoms with Crippen molar-refractivity contribution in [2.75, 3.05) is 40.4 Å². The summed E-state index contributed by atoms with van der Waals surface area (Å²) in [6.45, 7) is 4.31. The highest BCUT2D eigenvalue weighted by Gasteiger charge is 2.26. The molecular formula is C21H29N5O3.